The molecule has 0 bridgehead atoms. The van der Waals surface area contributed by atoms with E-state index in [-0.39, 0.29) is 5.82 Å². The van der Waals surface area contributed by atoms with E-state index >= 15 is 0 Å². The normalized spacial score (nSPS) is 10.7. The Morgan fingerprint density at radius 2 is 2.00 bits per heavy atom. The van der Waals surface area contributed by atoms with E-state index in [0.29, 0.717) is 28.5 Å². The van der Waals surface area contributed by atoms with Crippen molar-refractivity contribution in [2.24, 2.45) is 0 Å². The SMILES string of the molecule is Nc1ccc(I)cc1-c1nc(-c2cccc(F)c2)no1. The second kappa shape index (κ2) is 5.20. The van der Waals surface area contributed by atoms with Crippen LogP contribution in [0.1, 0.15) is 0 Å². The number of hydrogen-bond acceptors (Lipinski definition) is 4. The third kappa shape index (κ3) is 2.51. The van der Waals surface area contributed by atoms with Crippen molar-refractivity contribution in [1.29, 1.82) is 0 Å². The lowest BCUT2D eigenvalue weighted by atomic mass is 10.2. The Hall–Kier alpha value is -1.96. The van der Waals surface area contributed by atoms with E-state index in [1.807, 2.05) is 12.1 Å². The molecule has 0 fully saturated rings. The maximum Gasteiger partial charge on any atom is 0.260 e. The second-order valence-corrected chi connectivity index (χ2v) is 5.41. The lowest BCUT2D eigenvalue weighted by molar-refractivity contribution is 0.432. The van der Waals surface area contributed by atoms with Crippen LogP contribution >= 0.6 is 22.6 Å². The molecule has 2 N–H and O–H groups in total. The molecular weight excluding hydrogens is 372 g/mol. The summed E-state index contributed by atoms with van der Waals surface area (Å²) in [4.78, 5) is 4.27. The van der Waals surface area contributed by atoms with Crippen LogP contribution in [-0.2, 0) is 0 Å². The molecule has 0 atom stereocenters. The van der Waals surface area contributed by atoms with Crippen molar-refractivity contribution in [2.45, 2.75) is 0 Å². The van der Waals surface area contributed by atoms with Gasteiger partial charge in [-0.2, -0.15) is 4.98 Å². The number of nitrogens with two attached hydrogens (primary N) is 1. The van der Waals surface area contributed by atoms with Gasteiger partial charge in [-0.15, -0.1) is 0 Å². The fourth-order valence-corrected chi connectivity index (χ4v) is 2.28. The zero-order valence-electron chi connectivity index (χ0n) is 10.2. The minimum atomic E-state index is -0.345. The highest BCUT2D eigenvalue weighted by Crippen LogP contribution is 2.28. The first-order valence-electron chi connectivity index (χ1n) is 5.78. The largest absolute Gasteiger partial charge is 0.398 e. The second-order valence-electron chi connectivity index (χ2n) is 4.17. The third-order valence-corrected chi connectivity index (χ3v) is 3.43. The molecular formula is C14H9FIN3O. The van der Waals surface area contributed by atoms with Gasteiger partial charge in [-0.25, -0.2) is 4.39 Å². The van der Waals surface area contributed by atoms with Crippen LogP contribution in [0.5, 0.6) is 0 Å². The van der Waals surface area contributed by atoms with Gasteiger partial charge in [-0.05, 0) is 52.9 Å². The number of aromatic nitrogens is 2. The number of anilines is 1. The summed E-state index contributed by atoms with van der Waals surface area (Å²) >= 11 is 2.18. The van der Waals surface area contributed by atoms with Crippen molar-refractivity contribution in [3.63, 3.8) is 0 Å². The van der Waals surface area contributed by atoms with E-state index in [4.69, 9.17) is 10.3 Å². The standard InChI is InChI=1S/C14H9FIN3O/c15-9-3-1-2-8(6-9)13-18-14(20-19-13)11-7-10(16)4-5-12(11)17/h1-7H,17H2. The molecule has 0 aliphatic rings. The van der Waals surface area contributed by atoms with Gasteiger partial charge in [0.25, 0.3) is 5.89 Å². The Morgan fingerprint density at radius 1 is 1.15 bits per heavy atom. The molecule has 0 spiro atoms. The van der Waals surface area contributed by atoms with Gasteiger partial charge in [-0.3, -0.25) is 0 Å². The van der Waals surface area contributed by atoms with Gasteiger partial charge in [-0.1, -0.05) is 17.3 Å². The number of nitrogens with zero attached hydrogens (tertiary/aromatic N) is 2. The van der Waals surface area contributed by atoms with Crippen molar-refractivity contribution >= 4 is 28.3 Å². The minimum Gasteiger partial charge on any atom is -0.398 e. The van der Waals surface area contributed by atoms with E-state index in [9.17, 15) is 4.39 Å². The summed E-state index contributed by atoms with van der Waals surface area (Å²) in [5.74, 6) is 0.306. The highest BCUT2D eigenvalue weighted by molar-refractivity contribution is 14.1. The predicted molar refractivity (Wildman–Crippen MR) is 82.3 cm³/mol. The number of benzene rings is 2. The van der Waals surface area contributed by atoms with Crippen LogP contribution < -0.4 is 5.73 Å². The molecule has 3 aromatic rings. The molecule has 0 saturated carbocycles. The van der Waals surface area contributed by atoms with Gasteiger partial charge < -0.3 is 10.3 Å². The average molecular weight is 381 g/mol. The fraction of sp³-hybridized carbons (Fsp3) is 0. The molecule has 0 unspecified atom stereocenters. The molecule has 1 aromatic heterocycles. The molecule has 100 valence electrons. The summed E-state index contributed by atoms with van der Waals surface area (Å²) in [5.41, 5.74) is 7.69. The first-order chi connectivity index (χ1) is 9.63. The Morgan fingerprint density at radius 3 is 2.80 bits per heavy atom. The first-order valence-corrected chi connectivity index (χ1v) is 6.86. The lowest BCUT2D eigenvalue weighted by Gasteiger charge is -2.00. The van der Waals surface area contributed by atoms with Gasteiger partial charge in [0, 0.05) is 14.8 Å². The van der Waals surface area contributed by atoms with Crippen LogP contribution in [0.2, 0.25) is 0 Å². The smallest absolute Gasteiger partial charge is 0.260 e. The fourth-order valence-electron chi connectivity index (χ4n) is 1.79. The lowest BCUT2D eigenvalue weighted by Crippen LogP contribution is -1.91. The zero-order valence-corrected chi connectivity index (χ0v) is 12.3. The van der Waals surface area contributed by atoms with Gasteiger partial charge in [0.2, 0.25) is 5.82 Å². The molecule has 0 aliphatic carbocycles. The van der Waals surface area contributed by atoms with Crippen molar-refractivity contribution in [3.8, 4) is 22.8 Å². The highest BCUT2D eigenvalue weighted by atomic mass is 127. The maximum absolute atomic E-state index is 13.2. The Bertz CT molecular complexity index is 773. The van der Waals surface area contributed by atoms with Crippen LogP contribution in [0.25, 0.3) is 22.8 Å². The highest BCUT2D eigenvalue weighted by Gasteiger charge is 2.13. The zero-order chi connectivity index (χ0) is 14.1. The summed E-state index contributed by atoms with van der Waals surface area (Å²) in [7, 11) is 0. The Balaban J connectivity index is 2.04. The van der Waals surface area contributed by atoms with Gasteiger partial charge >= 0.3 is 0 Å². The van der Waals surface area contributed by atoms with Crippen LogP contribution in [0, 0.1) is 9.39 Å². The Kier molecular flexibility index (Phi) is 3.39. The molecule has 3 rings (SSSR count). The van der Waals surface area contributed by atoms with Crippen LogP contribution in [0.3, 0.4) is 0 Å². The molecule has 0 amide bonds. The molecule has 4 nitrogen and oxygen atoms in total. The number of nitrogen functional groups attached to an aromatic ring is 1. The minimum absolute atomic E-state index is 0.320. The van der Waals surface area contributed by atoms with Crippen LogP contribution in [0.4, 0.5) is 10.1 Å². The van der Waals surface area contributed by atoms with E-state index in [0.717, 1.165) is 3.57 Å². The third-order valence-electron chi connectivity index (χ3n) is 2.75. The maximum atomic E-state index is 13.2. The molecule has 1 heterocycles. The molecule has 0 saturated heterocycles. The van der Waals surface area contributed by atoms with E-state index in [1.54, 1.807) is 18.2 Å². The summed E-state index contributed by atoms with van der Waals surface area (Å²) in [5, 5.41) is 3.86. The van der Waals surface area contributed by atoms with Crippen LogP contribution in [-0.4, -0.2) is 10.1 Å². The van der Waals surface area contributed by atoms with Crippen molar-refractivity contribution in [3.05, 3.63) is 51.9 Å². The summed E-state index contributed by atoms with van der Waals surface area (Å²) in [6.07, 6.45) is 0. The van der Waals surface area contributed by atoms with Gasteiger partial charge in [0.1, 0.15) is 5.82 Å². The molecule has 0 aliphatic heterocycles. The molecule has 2 aromatic carbocycles. The van der Waals surface area contributed by atoms with E-state index < -0.39 is 0 Å². The van der Waals surface area contributed by atoms with Crippen molar-refractivity contribution in [2.75, 3.05) is 5.73 Å². The van der Waals surface area contributed by atoms with Crippen LogP contribution in [0.15, 0.2) is 47.0 Å². The predicted octanol–water partition coefficient (Wildman–Crippen LogP) is 3.73. The van der Waals surface area contributed by atoms with E-state index in [2.05, 4.69) is 32.7 Å². The quantitative estimate of drug-likeness (QED) is 0.543. The topological polar surface area (TPSA) is 64.9 Å². The average Bonchev–Trinajstić information content (AvgIpc) is 2.91. The van der Waals surface area contributed by atoms with Gasteiger partial charge in [0.05, 0.1) is 5.56 Å². The summed E-state index contributed by atoms with van der Waals surface area (Å²) < 4.78 is 19.4. The monoisotopic (exact) mass is 381 g/mol. The van der Waals surface area contributed by atoms with Gasteiger partial charge in [0.15, 0.2) is 0 Å². The van der Waals surface area contributed by atoms with E-state index in [1.165, 1.54) is 12.1 Å². The molecule has 0 radical (unpaired) electrons. The molecule has 20 heavy (non-hydrogen) atoms. The number of hydrogen-bond donors (Lipinski definition) is 1. The van der Waals surface area contributed by atoms with Crippen molar-refractivity contribution < 1.29 is 8.91 Å². The Labute approximate surface area is 127 Å². The first kappa shape index (κ1) is 13.0. The number of halogens is 2. The summed E-state index contributed by atoms with van der Waals surface area (Å²) in [6.45, 7) is 0. The van der Waals surface area contributed by atoms with Crippen molar-refractivity contribution in [1.82, 2.24) is 10.1 Å². The summed E-state index contributed by atoms with van der Waals surface area (Å²) in [6, 6.07) is 11.6. The molecule has 6 heteroatoms. The number of rotatable bonds is 2.